The van der Waals surface area contributed by atoms with Crippen LogP contribution in [0, 0.1) is 0 Å². The third kappa shape index (κ3) is 2.46. The molecule has 0 unspecified atom stereocenters. The molecule has 0 aliphatic carbocycles. The van der Waals surface area contributed by atoms with E-state index >= 15 is 0 Å². The number of fused-ring (bicyclic) bond motifs is 1. The number of hydrogen-bond acceptors (Lipinski definition) is 5. The molecule has 2 heterocycles. The maximum absolute atomic E-state index is 12.5. The molecule has 0 atom stereocenters. The summed E-state index contributed by atoms with van der Waals surface area (Å²) < 4.78 is 7.55. The number of rotatable bonds is 3. The molecule has 118 valence electrons. The van der Waals surface area contributed by atoms with Crippen LogP contribution in [0.25, 0.3) is 11.0 Å². The number of methoxy groups -OCH3 is 1. The third-order valence-corrected chi connectivity index (χ3v) is 3.71. The van der Waals surface area contributed by atoms with Crippen LogP contribution < -0.4 is 21.3 Å². The standard InChI is InChI=1S/C16H16N4O3/c1-19-14-13(15(21)20(2)16(19)22)12(8-9-17-14)18-10-4-6-11(23-3)7-5-10/h4-9H,1-3H3,(H,17,18). The first-order valence-corrected chi connectivity index (χ1v) is 6.98. The Bertz CT molecular complexity index is 987. The summed E-state index contributed by atoms with van der Waals surface area (Å²) in [5.41, 5.74) is 0.950. The summed E-state index contributed by atoms with van der Waals surface area (Å²) in [6.07, 6.45) is 1.56. The molecular weight excluding hydrogens is 296 g/mol. The van der Waals surface area contributed by atoms with Gasteiger partial charge in [0, 0.05) is 26.0 Å². The second-order valence-corrected chi connectivity index (χ2v) is 5.12. The van der Waals surface area contributed by atoms with Crippen LogP contribution in [0.2, 0.25) is 0 Å². The van der Waals surface area contributed by atoms with Gasteiger partial charge in [0.15, 0.2) is 5.65 Å². The van der Waals surface area contributed by atoms with Gasteiger partial charge < -0.3 is 10.1 Å². The number of nitrogens with zero attached hydrogens (tertiary/aromatic N) is 3. The zero-order valence-electron chi connectivity index (χ0n) is 13.0. The van der Waals surface area contributed by atoms with Gasteiger partial charge in [-0.3, -0.25) is 13.9 Å². The van der Waals surface area contributed by atoms with E-state index in [-0.39, 0.29) is 5.56 Å². The molecule has 7 nitrogen and oxygen atoms in total. The van der Waals surface area contributed by atoms with Crippen molar-refractivity contribution < 1.29 is 4.74 Å². The highest BCUT2D eigenvalue weighted by atomic mass is 16.5. The van der Waals surface area contributed by atoms with Crippen LogP contribution in [0.15, 0.2) is 46.1 Å². The van der Waals surface area contributed by atoms with Crippen molar-refractivity contribution in [3.8, 4) is 5.75 Å². The fourth-order valence-corrected chi connectivity index (χ4v) is 2.42. The molecule has 0 amide bonds. The Labute approximate surface area is 131 Å². The molecule has 0 aliphatic rings. The van der Waals surface area contributed by atoms with Gasteiger partial charge in [-0.15, -0.1) is 0 Å². The summed E-state index contributed by atoms with van der Waals surface area (Å²) in [6, 6.07) is 9.03. The Hall–Kier alpha value is -3.09. The number of aromatic nitrogens is 3. The fraction of sp³-hybridized carbons (Fsp3) is 0.188. The van der Waals surface area contributed by atoms with Crippen molar-refractivity contribution in [2.24, 2.45) is 14.1 Å². The van der Waals surface area contributed by atoms with E-state index in [4.69, 9.17) is 4.74 Å². The average molecular weight is 312 g/mol. The number of nitrogens with one attached hydrogen (secondary N) is 1. The second kappa shape index (κ2) is 5.60. The summed E-state index contributed by atoms with van der Waals surface area (Å²) in [4.78, 5) is 28.6. The number of hydrogen-bond donors (Lipinski definition) is 1. The van der Waals surface area contributed by atoms with E-state index in [1.807, 2.05) is 24.3 Å². The number of aryl methyl sites for hydroxylation is 1. The highest BCUT2D eigenvalue weighted by Crippen LogP contribution is 2.23. The molecule has 0 radical (unpaired) electrons. The first-order chi connectivity index (χ1) is 11.0. The second-order valence-electron chi connectivity index (χ2n) is 5.12. The van der Waals surface area contributed by atoms with Crippen LogP contribution in [0.1, 0.15) is 0 Å². The van der Waals surface area contributed by atoms with E-state index in [1.54, 1.807) is 26.4 Å². The highest BCUT2D eigenvalue weighted by molar-refractivity contribution is 5.90. The van der Waals surface area contributed by atoms with Crippen LogP contribution in [0.4, 0.5) is 11.4 Å². The third-order valence-electron chi connectivity index (χ3n) is 3.71. The summed E-state index contributed by atoms with van der Waals surface area (Å²) in [5.74, 6) is 0.744. The lowest BCUT2D eigenvalue weighted by atomic mass is 10.2. The summed E-state index contributed by atoms with van der Waals surface area (Å²) in [5, 5.41) is 3.56. The van der Waals surface area contributed by atoms with E-state index in [9.17, 15) is 9.59 Å². The van der Waals surface area contributed by atoms with Crippen molar-refractivity contribution in [1.29, 1.82) is 0 Å². The minimum absolute atomic E-state index is 0.344. The van der Waals surface area contributed by atoms with Crippen LogP contribution in [0.3, 0.4) is 0 Å². The summed E-state index contributed by atoms with van der Waals surface area (Å²) in [6.45, 7) is 0. The quantitative estimate of drug-likeness (QED) is 0.790. The number of ether oxygens (including phenoxy) is 1. The van der Waals surface area contributed by atoms with E-state index in [0.29, 0.717) is 16.7 Å². The van der Waals surface area contributed by atoms with Gasteiger partial charge in [-0.1, -0.05) is 0 Å². The minimum Gasteiger partial charge on any atom is -0.497 e. The van der Waals surface area contributed by atoms with Crippen molar-refractivity contribution in [3.05, 3.63) is 57.4 Å². The van der Waals surface area contributed by atoms with Gasteiger partial charge in [0.2, 0.25) is 0 Å². The molecule has 1 N–H and O–H groups in total. The van der Waals surface area contributed by atoms with Gasteiger partial charge >= 0.3 is 5.69 Å². The number of pyridine rings is 1. The summed E-state index contributed by atoms with van der Waals surface area (Å²) in [7, 11) is 4.64. The van der Waals surface area contributed by atoms with E-state index in [2.05, 4.69) is 10.3 Å². The van der Waals surface area contributed by atoms with E-state index in [0.717, 1.165) is 16.0 Å². The van der Waals surface area contributed by atoms with Crippen LogP contribution >= 0.6 is 0 Å². The molecule has 0 saturated carbocycles. The number of anilines is 2. The van der Waals surface area contributed by atoms with Gasteiger partial charge in [0.1, 0.15) is 11.1 Å². The summed E-state index contributed by atoms with van der Waals surface area (Å²) >= 11 is 0. The van der Waals surface area contributed by atoms with Crippen LogP contribution in [0.5, 0.6) is 5.75 Å². The lowest BCUT2D eigenvalue weighted by Gasteiger charge is -2.12. The molecule has 7 heteroatoms. The first kappa shape index (κ1) is 14.8. The normalized spacial score (nSPS) is 10.7. The predicted octanol–water partition coefficient (Wildman–Crippen LogP) is 1.38. The smallest absolute Gasteiger partial charge is 0.332 e. The Morgan fingerprint density at radius 3 is 2.39 bits per heavy atom. The van der Waals surface area contributed by atoms with Gasteiger partial charge in [-0.05, 0) is 30.3 Å². The largest absolute Gasteiger partial charge is 0.497 e. The molecule has 0 spiro atoms. The van der Waals surface area contributed by atoms with Crippen molar-refractivity contribution in [2.75, 3.05) is 12.4 Å². The Balaban J connectivity index is 2.18. The molecule has 2 aromatic heterocycles. The molecule has 0 bridgehead atoms. The zero-order chi connectivity index (χ0) is 16.6. The Morgan fingerprint density at radius 2 is 1.74 bits per heavy atom. The molecule has 0 saturated heterocycles. The topological polar surface area (TPSA) is 78.2 Å². The Kier molecular flexibility index (Phi) is 3.61. The Morgan fingerprint density at radius 1 is 1.04 bits per heavy atom. The molecule has 3 aromatic rings. The first-order valence-electron chi connectivity index (χ1n) is 6.98. The monoisotopic (exact) mass is 312 g/mol. The minimum atomic E-state index is -0.406. The van der Waals surface area contributed by atoms with Crippen LogP contribution in [-0.2, 0) is 14.1 Å². The average Bonchev–Trinajstić information content (AvgIpc) is 2.58. The maximum atomic E-state index is 12.5. The van der Waals surface area contributed by atoms with E-state index in [1.165, 1.54) is 11.6 Å². The lowest BCUT2D eigenvalue weighted by molar-refractivity contribution is 0.415. The van der Waals surface area contributed by atoms with Gasteiger partial charge in [0.25, 0.3) is 5.56 Å². The highest BCUT2D eigenvalue weighted by Gasteiger charge is 2.13. The van der Waals surface area contributed by atoms with Gasteiger partial charge in [-0.2, -0.15) is 0 Å². The lowest BCUT2D eigenvalue weighted by Crippen LogP contribution is -2.37. The van der Waals surface area contributed by atoms with E-state index < -0.39 is 5.69 Å². The molecular formula is C16H16N4O3. The fourth-order valence-electron chi connectivity index (χ4n) is 2.42. The van der Waals surface area contributed by atoms with Crippen molar-refractivity contribution in [3.63, 3.8) is 0 Å². The molecule has 0 aliphatic heterocycles. The molecule has 3 rings (SSSR count). The molecule has 0 fully saturated rings. The van der Waals surface area contributed by atoms with Crippen molar-refractivity contribution >= 4 is 22.4 Å². The van der Waals surface area contributed by atoms with Gasteiger partial charge in [-0.25, -0.2) is 9.78 Å². The van der Waals surface area contributed by atoms with Gasteiger partial charge in [0.05, 0.1) is 12.8 Å². The van der Waals surface area contributed by atoms with Crippen LogP contribution in [-0.4, -0.2) is 21.2 Å². The van der Waals surface area contributed by atoms with Crippen molar-refractivity contribution in [2.45, 2.75) is 0 Å². The van der Waals surface area contributed by atoms with Crippen molar-refractivity contribution in [1.82, 2.24) is 14.1 Å². The zero-order valence-corrected chi connectivity index (χ0v) is 13.0. The molecule has 1 aromatic carbocycles. The number of benzene rings is 1. The maximum Gasteiger partial charge on any atom is 0.332 e. The predicted molar refractivity (Wildman–Crippen MR) is 88.5 cm³/mol. The SMILES string of the molecule is COc1ccc(Nc2ccnc3c2c(=O)n(C)c(=O)n3C)cc1. The molecule has 23 heavy (non-hydrogen) atoms.